The van der Waals surface area contributed by atoms with E-state index in [1.165, 1.54) is 5.56 Å². The van der Waals surface area contributed by atoms with Crippen molar-refractivity contribution in [1.29, 1.82) is 0 Å². The van der Waals surface area contributed by atoms with Gasteiger partial charge in [-0.3, -0.25) is 4.79 Å². The lowest BCUT2D eigenvalue weighted by atomic mass is 10.1. The fourth-order valence-corrected chi connectivity index (χ4v) is 4.78. The highest BCUT2D eigenvalue weighted by Crippen LogP contribution is 2.26. The van der Waals surface area contributed by atoms with E-state index in [9.17, 15) is 4.79 Å². The number of thiazole rings is 1. The van der Waals surface area contributed by atoms with Crippen molar-refractivity contribution < 1.29 is 4.79 Å². The standard InChI is InChI=1S/C20H28N4OS2/c1-16-14-26-20(22-16)27-15-17-4-6-18(7-5-17)19(25)21-8-3-9-24-12-10-23(2)11-13-24/h4-7,14H,3,8-13,15H2,1-2H3,(H,21,25). The monoisotopic (exact) mass is 404 g/mol. The number of benzene rings is 1. The molecule has 0 saturated carbocycles. The molecule has 1 aromatic carbocycles. The summed E-state index contributed by atoms with van der Waals surface area (Å²) in [6.45, 7) is 8.33. The molecular formula is C20H28N4OS2. The van der Waals surface area contributed by atoms with Gasteiger partial charge < -0.3 is 15.1 Å². The Bertz CT molecular complexity index is 724. The van der Waals surface area contributed by atoms with Gasteiger partial charge in [-0.15, -0.1) is 11.3 Å². The van der Waals surface area contributed by atoms with Crippen molar-refractivity contribution >= 4 is 29.0 Å². The summed E-state index contributed by atoms with van der Waals surface area (Å²) in [4.78, 5) is 21.6. The number of carbonyl (C=O) groups excluding carboxylic acids is 1. The van der Waals surface area contributed by atoms with Gasteiger partial charge in [0.05, 0.1) is 0 Å². The molecule has 146 valence electrons. The van der Waals surface area contributed by atoms with E-state index in [0.717, 1.165) is 67.0 Å². The molecule has 2 aromatic rings. The summed E-state index contributed by atoms with van der Waals surface area (Å²) in [5.41, 5.74) is 3.01. The summed E-state index contributed by atoms with van der Waals surface area (Å²) < 4.78 is 1.09. The topological polar surface area (TPSA) is 48.5 Å². The zero-order valence-corrected chi connectivity index (χ0v) is 17.7. The average Bonchev–Trinajstić information content (AvgIpc) is 3.10. The molecule has 0 radical (unpaired) electrons. The van der Waals surface area contributed by atoms with E-state index in [1.807, 2.05) is 31.2 Å². The molecule has 3 rings (SSSR count). The summed E-state index contributed by atoms with van der Waals surface area (Å²) in [6.07, 6.45) is 0.997. The molecule has 1 amide bonds. The number of piperazine rings is 1. The van der Waals surface area contributed by atoms with Crippen molar-refractivity contribution in [2.45, 2.75) is 23.4 Å². The Morgan fingerprint density at radius 3 is 2.63 bits per heavy atom. The maximum absolute atomic E-state index is 12.3. The van der Waals surface area contributed by atoms with Gasteiger partial charge in [0, 0.05) is 55.1 Å². The van der Waals surface area contributed by atoms with Crippen LogP contribution in [0, 0.1) is 6.92 Å². The van der Waals surface area contributed by atoms with Gasteiger partial charge in [-0.2, -0.15) is 0 Å². The molecule has 1 N–H and O–H groups in total. The second kappa shape index (κ2) is 10.2. The minimum atomic E-state index is 0.0168. The van der Waals surface area contributed by atoms with Crippen molar-refractivity contribution in [2.24, 2.45) is 0 Å². The predicted molar refractivity (Wildman–Crippen MR) is 114 cm³/mol. The maximum Gasteiger partial charge on any atom is 0.251 e. The van der Waals surface area contributed by atoms with Gasteiger partial charge in [-0.05, 0) is 44.6 Å². The van der Waals surface area contributed by atoms with Crippen LogP contribution < -0.4 is 5.32 Å². The summed E-state index contributed by atoms with van der Waals surface area (Å²) in [5.74, 6) is 0.892. The molecule has 7 heteroatoms. The third kappa shape index (κ3) is 6.60. The quantitative estimate of drug-likeness (QED) is 0.541. The van der Waals surface area contributed by atoms with Gasteiger partial charge in [0.25, 0.3) is 5.91 Å². The van der Waals surface area contributed by atoms with Crippen LogP contribution in [0.5, 0.6) is 0 Å². The van der Waals surface area contributed by atoms with Crippen molar-refractivity contribution in [1.82, 2.24) is 20.1 Å². The van der Waals surface area contributed by atoms with Crippen LogP contribution in [0.1, 0.15) is 28.0 Å². The molecule has 27 heavy (non-hydrogen) atoms. The van der Waals surface area contributed by atoms with Gasteiger partial charge in [0.1, 0.15) is 4.34 Å². The Morgan fingerprint density at radius 2 is 1.96 bits per heavy atom. The molecular weight excluding hydrogens is 376 g/mol. The molecule has 1 aromatic heterocycles. The largest absolute Gasteiger partial charge is 0.352 e. The van der Waals surface area contributed by atoms with E-state index in [-0.39, 0.29) is 5.91 Å². The molecule has 0 unspecified atom stereocenters. The van der Waals surface area contributed by atoms with E-state index in [4.69, 9.17) is 0 Å². The Morgan fingerprint density at radius 1 is 1.22 bits per heavy atom. The molecule has 0 spiro atoms. The van der Waals surface area contributed by atoms with Crippen molar-refractivity contribution in [3.05, 3.63) is 46.5 Å². The van der Waals surface area contributed by atoms with Crippen LogP contribution >= 0.6 is 23.1 Å². The van der Waals surface area contributed by atoms with Gasteiger partial charge in [0.2, 0.25) is 0 Å². The molecule has 1 aliphatic heterocycles. The molecule has 1 fully saturated rings. The first kappa shape index (κ1) is 20.3. The van der Waals surface area contributed by atoms with Crippen molar-refractivity contribution in [2.75, 3.05) is 46.3 Å². The number of likely N-dealkylation sites (N-methyl/N-ethyl adjacent to an activating group) is 1. The van der Waals surface area contributed by atoms with E-state index in [0.29, 0.717) is 0 Å². The SMILES string of the molecule is Cc1csc(SCc2ccc(C(=O)NCCCN3CCN(C)CC3)cc2)n1. The first-order valence-electron chi connectivity index (χ1n) is 9.43. The van der Waals surface area contributed by atoms with Crippen molar-refractivity contribution in [3.63, 3.8) is 0 Å². The lowest BCUT2D eigenvalue weighted by Crippen LogP contribution is -2.45. The Kier molecular flexibility index (Phi) is 7.70. The molecule has 0 aliphatic carbocycles. The molecule has 5 nitrogen and oxygen atoms in total. The van der Waals surface area contributed by atoms with E-state index >= 15 is 0 Å². The number of hydrogen-bond acceptors (Lipinski definition) is 6. The third-order valence-corrected chi connectivity index (χ3v) is 6.92. The van der Waals surface area contributed by atoms with Crippen LogP contribution in [0.2, 0.25) is 0 Å². The van der Waals surface area contributed by atoms with Crippen molar-refractivity contribution in [3.8, 4) is 0 Å². The number of thioether (sulfide) groups is 1. The second-order valence-corrected chi connectivity index (χ2v) is 9.08. The number of carbonyl (C=O) groups is 1. The minimum absolute atomic E-state index is 0.0168. The molecule has 0 atom stereocenters. The molecule has 1 aliphatic rings. The van der Waals surface area contributed by atoms with Crippen LogP contribution in [0.4, 0.5) is 0 Å². The normalized spacial score (nSPS) is 15.8. The molecule has 0 bridgehead atoms. The highest BCUT2D eigenvalue weighted by Gasteiger charge is 2.13. The number of hydrogen-bond donors (Lipinski definition) is 1. The summed E-state index contributed by atoms with van der Waals surface area (Å²) >= 11 is 3.42. The van der Waals surface area contributed by atoms with E-state index in [2.05, 4.69) is 32.5 Å². The predicted octanol–water partition coefficient (Wildman–Crippen LogP) is 3.11. The first-order valence-corrected chi connectivity index (χ1v) is 11.3. The summed E-state index contributed by atoms with van der Waals surface area (Å²) in [6, 6.07) is 7.90. The second-order valence-electron chi connectivity index (χ2n) is 6.99. The number of rotatable bonds is 8. The highest BCUT2D eigenvalue weighted by molar-refractivity contribution is 8.00. The minimum Gasteiger partial charge on any atom is -0.352 e. The van der Waals surface area contributed by atoms with Gasteiger partial charge in [-0.1, -0.05) is 23.9 Å². The van der Waals surface area contributed by atoms with Crippen LogP contribution in [0.3, 0.4) is 0 Å². The fourth-order valence-electron chi connectivity index (χ4n) is 2.97. The zero-order chi connectivity index (χ0) is 19.1. The maximum atomic E-state index is 12.3. The lowest BCUT2D eigenvalue weighted by molar-refractivity contribution is 0.0949. The highest BCUT2D eigenvalue weighted by atomic mass is 32.2. The first-order chi connectivity index (χ1) is 13.1. The molecule has 2 heterocycles. The van der Waals surface area contributed by atoms with Gasteiger partial charge >= 0.3 is 0 Å². The number of nitrogens with one attached hydrogen (secondary N) is 1. The summed E-state index contributed by atoms with van der Waals surface area (Å²) in [7, 11) is 2.17. The van der Waals surface area contributed by atoms with Crippen LogP contribution in [-0.4, -0.2) is 67.0 Å². The Balaban J connectivity index is 1.35. The zero-order valence-electron chi connectivity index (χ0n) is 16.1. The lowest BCUT2D eigenvalue weighted by Gasteiger charge is -2.32. The van der Waals surface area contributed by atoms with E-state index in [1.54, 1.807) is 23.1 Å². The Hall–Kier alpha value is -1.41. The van der Waals surface area contributed by atoms with Crippen LogP contribution in [-0.2, 0) is 5.75 Å². The number of aromatic nitrogens is 1. The summed E-state index contributed by atoms with van der Waals surface area (Å²) in [5, 5.41) is 5.11. The smallest absolute Gasteiger partial charge is 0.251 e. The number of aryl methyl sites for hydroxylation is 1. The number of nitrogens with zero attached hydrogens (tertiary/aromatic N) is 3. The van der Waals surface area contributed by atoms with Crippen LogP contribution in [0.25, 0.3) is 0 Å². The Labute approximate surface area is 170 Å². The molecule has 1 saturated heterocycles. The van der Waals surface area contributed by atoms with E-state index < -0.39 is 0 Å². The third-order valence-electron chi connectivity index (χ3n) is 4.71. The van der Waals surface area contributed by atoms with Crippen LogP contribution in [0.15, 0.2) is 34.0 Å². The van der Waals surface area contributed by atoms with Gasteiger partial charge in [0.15, 0.2) is 0 Å². The van der Waals surface area contributed by atoms with Gasteiger partial charge in [-0.25, -0.2) is 4.98 Å². The fraction of sp³-hybridized carbons (Fsp3) is 0.500. The average molecular weight is 405 g/mol. The number of amides is 1.